The number of anilines is 1. The first-order chi connectivity index (χ1) is 10.6. The Labute approximate surface area is 145 Å². The maximum atomic E-state index is 11.9. The highest BCUT2D eigenvalue weighted by Gasteiger charge is 2.17. The third kappa shape index (κ3) is 6.47. The molecule has 0 spiro atoms. The summed E-state index contributed by atoms with van der Waals surface area (Å²) in [6, 6.07) is 7.55. The van der Waals surface area contributed by atoms with Gasteiger partial charge < -0.3 is 15.8 Å². The molecule has 1 amide bonds. The van der Waals surface area contributed by atoms with Gasteiger partial charge in [0.1, 0.15) is 0 Å². The van der Waals surface area contributed by atoms with Crippen molar-refractivity contribution >= 4 is 24.0 Å². The Morgan fingerprint density at radius 1 is 1.26 bits per heavy atom. The van der Waals surface area contributed by atoms with Crippen molar-refractivity contribution in [1.82, 2.24) is 4.90 Å². The van der Waals surface area contributed by atoms with Gasteiger partial charge in [-0.2, -0.15) is 0 Å². The minimum Gasteiger partial charge on any atom is -0.379 e. The van der Waals surface area contributed by atoms with Crippen LogP contribution in [0.1, 0.15) is 19.4 Å². The van der Waals surface area contributed by atoms with E-state index in [1.807, 2.05) is 26.0 Å². The van der Waals surface area contributed by atoms with Crippen LogP contribution in [0.2, 0.25) is 0 Å². The van der Waals surface area contributed by atoms with Crippen molar-refractivity contribution in [2.75, 3.05) is 38.2 Å². The van der Waals surface area contributed by atoms with Gasteiger partial charge in [0.15, 0.2) is 0 Å². The number of morpholine rings is 1. The molecule has 1 aromatic rings. The Morgan fingerprint density at radius 3 is 2.43 bits per heavy atom. The number of hydrogen-bond acceptors (Lipinski definition) is 4. The van der Waals surface area contributed by atoms with Gasteiger partial charge in [-0.05, 0) is 30.0 Å². The second-order valence-corrected chi connectivity index (χ2v) is 6.16. The second kappa shape index (κ2) is 9.88. The number of carbonyl (C=O) groups excluding carboxylic acids is 1. The molecule has 0 aromatic heterocycles. The predicted molar refractivity (Wildman–Crippen MR) is 96.1 cm³/mol. The van der Waals surface area contributed by atoms with Crippen molar-refractivity contribution in [2.45, 2.75) is 26.3 Å². The highest BCUT2D eigenvalue weighted by molar-refractivity contribution is 5.94. The van der Waals surface area contributed by atoms with Gasteiger partial charge in [0.2, 0.25) is 5.91 Å². The van der Waals surface area contributed by atoms with Gasteiger partial charge in [-0.3, -0.25) is 9.69 Å². The van der Waals surface area contributed by atoms with Crippen LogP contribution in [0, 0.1) is 5.92 Å². The minimum absolute atomic E-state index is 0. The first kappa shape index (κ1) is 19.9. The molecule has 1 aromatic carbocycles. The fourth-order valence-corrected chi connectivity index (χ4v) is 2.40. The number of nitrogens with one attached hydrogen (secondary N) is 1. The SMILES string of the molecule is CC(C)[C@H](N)C(=O)Nc1ccc(CCN2CCOCC2)cc1.Cl. The van der Waals surface area contributed by atoms with Gasteiger partial charge in [0, 0.05) is 25.3 Å². The summed E-state index contributed by atoms with van der Waals surface area (Å²) in [5.74, 6) is 0.00358. The van der Waals surface area contributed by atoms with Crippen LogP contribution in [0.5, 0.6) is 0 Å². The zero-order valence-electron chi connectivity index (χ0n) is 14.0. The Kier molecular flexibility index (Phi) is 8.55. The molecule has 0 aliphatic carbocycles. The average molecular weight is 342 g/mol. The summed E-state index contributed by atoms with van der Waals surface area (Å²) in [5, 5.41) is 2.86. The molecule has 1 saturated heterocycles. The van der Waals surface area contributed by atoms with Crippen LogP contribution in [0.4, 0.5) is 5.69 Å². The highest BCUT2D eigenvalue weighted by atomic mass is 35.5. The summed E-state index contributed by atoms with van der Waals surface area (Å²) >= 11 is 0. The fraction of sp³-hybridized carbons (Fsp3) is 0.588. The van der Waals surface area contributed by atoms with E-state index in [2.05, 4.69) is 22.3 Å². The molecule has 23 heavy (non-hydrogen) atoms. The van der Waals surface area contributed by atoms with E-state index in [0.717, 1.165) is 45.0 Å². The monoisotopic (exact) mass is 341 g/mol. The Morgan fingerprint density at radius 2 is 1.87 bits per heavy atom. The van der Waals surface area contributed by atoms with Crippen molar-refractivity contribution < 1.29 is 9.53 Å². The number of benzene rings is 1. The zero-order valence-corrected chi connectivity index (χ0v) is 14.8. The molecular weight excluding hydrogens is 314 g/mol. The van der Waals surface area contributed by atoms with Gasteiger partial charge >= 0.3 is 0 Å². The number of carbonyl (C=O) groups is 1. The lowest BCUT2D eigenvalue weighted by Gasteiger charge is -2.26. The molecule has 2 rings (SSSR count). The summed E-state index contributed by atoms with van der Waals surface area (Å²) in [6.45, 7) is 8.63. The second-order valence-electron chi connectivity index (χ2n) is 6.16. The van der Waals surface area contributed by atoms with E-state index in [4.69, 9.17) is 10.5 Å². The summed E-state index contributed by atoms with van der Waals surface area (Å²) in [6.07, 6.45) is 1.01. The number of rotatable bonds is 6. The minimum atomic E-state index is -0.471. The lowest BCUT2D eigenvalue weighted by Crippen LogP contribution is -2.39. The van der Waals surface area contributed by atoms with Crippen LogP contribution >= 0.6 is 12.4 Å². The van der Waals surface area contributed by atoms with Crippen molar-refractivity contribution in [3.63, 3.8) is 0 Å². The standard InChI is InChI=1S/C17H27N3O2.ClH/c1-13(2)16(18)17(21)19-15-5-3-14(4-6-15)7-8-20-9-11-22-12-10-20;/h3-6,13,16H,7-12,18H2,1-2H3,(H,19,21);1H/t16-;/m0./s1. The number of ether oxygens (including phenoxy) is 1. The molecular formula is C17H28ClN3O2. The van der Waals surface area contributed by atoms with Crippen molar-refractivity contribution in [2.24, 2.45) is 11.7 Å². The molecule has 130 valence electrons. The van der Waals surface area contributed by atoms with E-state index in [0.29, 0.717) is 0 Å². The topological polar surface area (TPSA) is 67.6 Å². The van der Waals surface area contributed by atoms with Gasteiger partial charge in [-0.25, -0.2) is 0 Å². The number of nitrogens with zero attached hydrogens (tertiary/aromatic N) is 1. The first-order valence-corrected chi connectivity index (χ1v) is 8.02. The molecule has 1 fully saturated rings. The van der Waals surface area contributed by atoms with Crippen LogP contribution in [0.25, 0.3) is 0 Å². The maximum absolute atomic E-state index is 11.9. The first-order valence-electron chi connectivity index (χ1n) is 8.02. The summed E-state index contributed by atoms with van der Waals surface area (Å²) in [5.41, 5.74) is 7.92. The van der Waals surface area contributed by atoms with E-state index in [-0.39, 0.29) is 24.2 Å². The van der Waals surface area contributed by atoms with Crippen LogP contribution < -0.4 is 11.1 Å². The molecule has 6 heteroatoms. The van der Waals surface area contributed by atoms with E-state index in [1.165, 1.54) is 5.56 Å². The lowest BCUT2D eigenvalue weighted by molar-refractivity contribution is -0.118. The van der Waals surface area contributed by atoms with Crippen LogP contribution in [0.15, 0.2) is 24.3 Å². The largest absolute Gasteiger partial charge is 0.379 e. The Hall–Kier alpha value is -1.14. The summed E-state index contributed by atoms with van der Waals surface area (Å²) < 4.78 is 5.35. The average Bonchev–Trinajstić information content (AvgIpc) is 2.54. The fourth-order valence-electron chi connectivity index (χ4n) is 2.40. The number of nitrogens with two attached hydrogens (primary N) is 1. The maximum Gasteiger partial charge on any atom is 0.241 e. The van der Waals surface area contributed by atoms with E-state index in [9.17, 15) is 4.79 Å². The number of amides is 1. The van der Waals surface area contributed by atoms with E-state index >= 15 is 0 Å². The van der Waals surface area contributed by atoms with Gasteiger partial charge in [-0.1, -0.05) is 26.0 Å². The Bertz CT molecular complexity index is 473. The zero-order chi connectivity index (χ0) is 15.9. The van der Waals surface area contributed by atoms with E-state index < -0.39 is 6.04 Å². The lowest BCUT2D eigenvalue weighted by atomic mass is 10.0. The molecule has 3 N–H and O–H groups in total. The molecule has 1 aliphatic heterocycles. The molecule has 1 atom stereocenters. The summed E-state index contributed by atoms with van der Waals surface area (Å²) in [4.78, 5) is 14.3. The Balaban J connectivity index is 0.00000264. The smallest absolute Gasteiger partial charge is 0.241 e. The quantitative estimate of drug-likeness (QED) is 0.829. The molecule has 0 bridgehead atoms. The van der Waals surface area contributed by atoms with Crippen molar-refractivity contribution in [3.05, 3.63) is 29.8 Å². The van der Waals surface area contributed by atoms with Crippen LogP contribution in [0.3, 0.4) is 0 Å². The third-order valence-electron chi connectivity index (χ3n) is 4.06. The van der Waals surface area contributed by atoms with Crippen LogP contribution in [-0.4, -0.2) is 49.7 Å². The molecule has 1 aliphatic rings. The number of hydrogen-bond donors (Lipinski definition) is 2. The molecule has 0 radical (unpaired) electrons. The normalized spacial score (nSPS) is 16.7. The van der Waals surface area contributed by atoms with Crippen molar-refractivity contribution in [3.8, 4) is 0 Å². The number of halogens is 1. The van der Waals surface area contributed by atoms with Gasteiger partial charge in [0.05, 0.1) is 19.3 Å². The molecule has 0 saturated carbocycles. The molecule has 1 heterocycles. The molecule has 5 nitrogen and oxygen atoms in total. The van der Waals surface area contributed by atoms with Crippen molar-refractivity contribution in [1.29, 1.82) is 0 Å². The predicted octanol–water partition coefficient (Wildman–Crippen LogP) is 1.90. The molecule has 0 unspecified atom stereocenters. The van der Waals surface area contributed by atoms with Gasteiger partial charge in [0.25, 0.3) is 0 Å². The highest BCUT2D eigenvalue weighted by Crippen LogP contribution is 2.12. The van der Waals surface area contributed by atoms with E-state index in [1.54, 1.807) is 0 Å². The van der Waals surface area contributed by atoms with Gasteiger partial charge in [-0.15, -0.1) is 12.4 Å². The third-order valence-corrected chi connectivity index (χ3v) is 4.06. The van der Waals surface area contributed by atoms with Crippen LogP contribution in [-0.2, 0) is 16.0 Å². The summed E-state index contributed by atoms with van der Waals surface area (Å²) in [7, 11) is 0.